The number of rotatable bonds is 11. The minimum atomic E-state index is -3.58. The highest BCUT2D eigenvalue weighted by Crippen LogP contribution is 2.64. The van der Waals surface area contributed by atoms with Gasteiger partial charge in [0.1, 0.15) is 16.8 Å². The molecule has 10 nitrogen and oxygen atoms in total. The third-order valence-corrected chi connectivity index (χ3v) is 11.2. The summed E-state index contributed by atoms with van der Waals surface area (Å²) < 4.78 is 37.9. The largest absolute Gasteiger partial charge is 0.459 e. The van der Waals surface area contributed by atoms with Crippen LogP contribution in [-0.2, 0) is 34.6 Å². The molecule has 3 rings (SSSR count). The van der Waals surface area contributed by atoms with Crippen LogP contribution in [0.15, 0.2) is 54.6 Å². The second-order valence-corrected chi connectivity index (χ2v) is 18.6. The highest BCUT2D eigenvalue weighted by atomic mass is 31.2. The number of benzene rings is 2. The molecule has 2 amide bonds. The molecule has 2 aromatic carbocycles. The monoisotopic (exact) mass is 700 g/mol. The molecule has 0 bridgehead atoms. The molecule has 1 fully saturated rings. The lowest BCUT2D eigenvalue weighted by molar-refractivity contribution is -0.160. The second kappa shape index (κ2) is 16.2. The summed E-state index contributed by atoms with van der Waals surface area (Å²) in [6.07, 6.45) is -0.602. The van der Waals surface area contributed by atoms with Gasteiger partial charge in [-0.25, -0.2) is 14.5 Å². The van der Waals surface area contributed by atoms with Crippen molar-refractivity contribution in [1.29, 1.82) is 0 Å². The van der Waals surface area contributed by atoms with Crippen LogP contribution in [0.5, 0.6) is 0 Å². The number of amides is 2. The van der Waals surface area contributed by atoms with E-state index in [4.69, 9.17) is 18.7 Å². The highest BCUT2D eigenvalue weighted by Gasteiger charge is 2.59. The van der Waals surface area contributed by atoms with Crippen LogP contribution in [0.25, 0.3) is 11.1 Å². The van der Waals surface area contributed by atoms with Crippen molar-refractivity contribution in [1.82, 2.24) is 9.80 Å². The molecule has 1 aliphatic rings. The van der Waals surface area contributed by atoms with E-state index in [-0.39, 0.29) is 32.3 Å². The molecule has 49 heavy (non-hydrogen) atoms. The van der Waals surface area contributed by atoms with Crippen molar-refractivity contribution in [3.8, 4) is 11.1 Å². The van der Waals surface area contributed by atoms with E-state index >= 15 is 0 Å². The normalized spacial score (nSPS) is 20.4. The maximum absolute atomic E-state index is 14.8. The number of esters is 1. The van der Waals surface area contributed by atoms with Crippen molar-refractivity contribution in [2.75, 3.05) is 32.4 Å². The number of ether oxygens (including phenoxy) is 3. The van der Waals surface area contributed by atoms with Crippen molar-refractivity contribution in [2.24, 2.45) is 0 Å². The van der Waals surface area contributed by atoms with E-state index in [1.54, 1.807) is 69.2 Å². The maximum Gasteiger partial charge on any atom is 0.419 e. The van der Waals surface area contributed by atoms with E-state index < -0.39 is 47.5 Å². The predicted octanol–water partition coefficient (Wildman–Crippen LogP) is 8.91. The van der Waals surface area contributed by atoms with Gasteiger partial charge >= 0.3 is 18.2 Å². The average molecular weight is 701 g/mol. The van der Waals surface area contributed by atoms with Gasteiger partial charge in [0.25, 0.3) is 0 Å². The summed E-state index contributed by atoms with van der Waals surface area (Å²) in [6.45, 7) is 18.9. The van der Waals surface area contributed by atoms with Gasteiger partial charge in [0.05, 0.1) is 6.61 Å². The number of unbranched alkanes of at least 4 members (excludes halogenated alkanes) is 1. The lowest BCUT2D eigenvalue weighted by atomic mass is 9.96. The van der Waals surface area contributed by atoms with Gasteiger partial charge in [0.2, 0.25) is 7.37 Å². The Bertz CT molecular complexity index is 1450. The Labute approximate surface area is 293 Å². The Balaban J connectivity index is 1.94. The molecule has 0 spiro atoms. The van der Waals surface area contributed by atoms with Crippen molar-refractivity contribution >= 4 is 25.5 Å². The number of carbonyl (C=O) groups excluding carboxylic acids is 3. The quantitative estimate of drug-likeness (QED) is 0.0982. The van der Waals surface area contributed by atoms with E-state index in [9.17, 15) is 18.9 Å². The number of hydrogen-bond donors (Lipinski definition) is 0. The van der Waals surface area contributed by atoms with Crippen molar-refractivity contribution < 1.29 is 37.7 Å². The van der Waals surface area contributed by atoms with Crippen molar-refractivity contribution in [2.45, 2.75) is 117 Å². The first kappa shape index (κ1) is 40.2. The van der Waals surface area contributed by atoms with Crippen LogP contribution in [0.1, 0.15) is 94.1 Å². The molecule has 0 N–H and O–H groups in total. The summed E-state index contributed by atoms with van der Waals surface area (Å²) in [5, 5.41) is -1.46. The predicted molar refractivity (Wildman–Crippen MR) is 193 cm³/mol. The topological polar surface area (TPSA) is 112 Å². The SMILES string of the molecule is CCOP1(=O)CCN(Cc2ccccc2-c2ccccc2)C[C@@]1(CCCCN(C(=O)OC(C)(C)C)C(=O)OC(C)(C)C)C(=O)OC(C)(C)C. The smallest absolute Gasteiger partial charge is 0.419 e. The molecule has 0 aliphatic carbocycles. The van der Waals surface area contributed by atoms with E-state index in [1.807, 2.05) is 30.3 Å². The Morgan fingerprint density at radius 2 is 1.35 bits per heavy atom. The minimum absolute atomic E-state index is 0.0126. The molecule has 1 aliphatic heterocycles. The third-order valence-electron chi connectivity index (χ3n) is 7.91. The highest BCUT2D eigenvalue weighted by molar-refractivity contribution is 7.62. The summed E-state index contributed by atoms with van der Waals surface area (Å²) in [6, 6.07) is 18.3. The Morgan fingerprint density at radius 1 is 0.796 bits per heavy atom. The van der Waals surface area contributed by atoms with E-state index in [2.05, 4.69) is 29.2 Å². The average Bonchev–Trinajstić information content (AvgIpc) is 2.96. The molecular weight excluding hydrogens is 643 g/mol. The molecule has 11 heteroatoms. The third kappa shape index (κ3) is 11.4. The fourth-order valence-corrected chi connectivity index (χ4v) is 8.89. The van der Waals surface area contributed by atoms with Crippen LogP contribution < -0.4 is 0 Å². The van der Waals surface area contributed by atoms with Gasteiger partial charge in [-0.15, -0.1) is 0 Å². The van der Waals surface area contributed by atoms with Gasteiger partial charge in [-0.05, 0) is 105 Å². The fourth-order valence-electron chi connectivity index (χ4n) is 5.88. The minimum Gasteiger partial charge on any atom is -0.459 e. The number of hydrogen-bond acceptors (Lipinski definition) is 9. The van der Waals surface area contributed by atoms with Gasteiger partial charge < -0.3 is 18.7 Å². The van der Waals surface area contributed by atoms with Crippen LogP contribution in [0, 0.1) is 0 Å². The van der Waals surface area contributed by atoms with Gasteiger partial charge in [0.15, 0.2) is 5.16 Å². The lowest BCUT2D eigenvalue weighted by Gasteiger charge is -2.46. The molecule has 2 atom stereocenters. The number of carbonyl (C=O) groups is 3. The van der Waals surface area contributed by atoms with E-state index in [1.165, 1.54) is 0 Å². The van der Waals surface area contributed by atoms with Gasteiger partial charge in [-0.2, -0.15) is 0 Å². The van der Waals surface area contributed by atoms with Crippen molar-refractivity contribution in [3.63, 3.8) is 0 Å². The first-order valence-electron chi connectivity index (χ1n) is 17.2. The van der Waals surface area contributed by atoms with Crippen LogP contribution in [0.3, 0.4) is 0 Å². The van der Waals surface area contributed by atoms with E-state index in [0.717, 1.165) is 21.6 Å². The molecule has 0 aromatic heterocycles. The second-order valence-electron chi connectivity index (χ2n) is 15.7. The molecule has 2 aromatic rings. The molecular formula is C38H57N2O8P. The van der Waals surface area contributed by atoms with Gasteiger partial charge in [-0.3, -0.25) is 14.3 Å². The van der Waals surface area contributed by atoms with Crippen molar-refractivity contribution in [3.05, 3.63) is 60.2 Å². The number of nitrogens with zero attached hydrogens (tertiary/aromatic N) is 2. The summed E-state index contributed by atoms with van der Waals surface area (Å²) in [7, 11) is -3.58. The lowest BCUT2D eigenvalue weighted by Crippen LogP contribution is -2.56. The standard InChI is InChI=1S/C38H57N2O8P/c1-11-45-49(44)26-25-39(27-30-21-15-16-22-31(30)29-19-13-12-14-20-29)28-38(49,32(41)46-35(2,3)4)23-17-18-24-40(33(42)47-36(5,6)7)34(43)48-37(8,9)10/h12-16,19-22H,11,17-18,23-28H2,1-10H3/t38-,49?/m0/s1. The zero-order chi connectivity index (χ0) is 36.7. The van der Waals surface area contributed by atoms with Gasteiger partial charge in [0, 0.05) is 32.3 Å². The Morgan fingerprint density at radius 3 is 1.90 bits per heavy atom. The Hall–Kier alpha value is -3.20. The number of imide groups is 1. The maximum atomic E-state index is 14.8. The fraction of sp³-hybridized carbons (Fsp3) is 0.605. The van der Waals surface area contributed by atoms with Crippen LogP contribution in [-0.4, -0.2) is 82.3 Å². The first-order chi connectivity index (χ1) is 22.7. The summed E-state index contributed by atoms with van der Waals surface area (Å²) >= 11 is 0. The summed E-state index contributed by atoms with van der Waals surface area (Å²) in [5.74, 6) is -0.561. The van der Waals surface area contributed by atoms with Crippen LogP contribution >= 0.6 is 7.37 Å². The Kier molecular flexibility index (Phi) is 13.3. The van der Waals surface area contributed by atoms with Crippen LogP contribution in [0.4, 0.5) is 9.59 Å². The zero-order valence-electron chi connectivity index (χ0n) is 31.2. The van der Waals surface area contributed by atoms with Gasteiger partial charge in [-0.1, -0.05) is 54.6 Å². The zero-order valence-corrected chi connectivity index (χ0v) is 32.1. The molecule has 0 radical (unpaired) electrons. The van der Waals surface area contributed by atoms with Crippen LogP contribution in [0.2, 0.25) is 0 Å². The summed E-state index contributed by atoms with van der Waals surface area (Å²) in [4.78, 5) is 43.6. The molecule has 1 saturated heterocycles. The molecule has 1 heterocycles. The molecule has 0 saturated carbocycles. The summed E-state index contributed by atoms with van der Waals surface area (Å²) in [5.41, 5.74) is 0.792. The van der Waals surface area contributed by atoms with E-state index in [0.29, 0.717) is 25.9 Å². The first-order valence-corrected chi connectivity index (χ1v) is 19.1. The molecule has 1 unspecified atom stereocenters. The molecule has 272 valence electrons.